The standard InChI is InChI=1S/C15H15N5/c16-19-15(12-5-4-9-17-11-12)14-8-10-18-20(14)13-6-2-1-3-7-13/h1-11,15,19H,16H2. The van der Waals surface area contributed by atoms with Crippen LogP contribution in [0.25, 0.3) is 5.69 Å². The van der Waals surface area contributed by atoms with Gasteiger partial charge in [-0.3, -0.25) is 10.8 Å². The third-order valence-corrected chi connectivity index (χ3v) is 3.15. The van der Waals surface area contributed by atoms with Gasteiger partial charge in [0.05, 0.1) is 17.4 Å². The van der Waals surface area contributed by atoms with Gasteiger partial charge in [-0.25, -0.2) is 10.1 Å². The number of nitrogens with two attached hydrogens (primary N) is 1. The summed E-state index contributed by atoms with van der Waals surface area (Å²) in [6.07, 6.45) is 5.31. The van der Waals surface area contributed by atoms with Gasteiger partial charge in [0.25, 0.3) is 0 Å². The number of para-hydroxylation sites is 1. The van der Waals surface area contributed by atoms with Crippen LogP contribution in [0.4, 0.5) is 0 Å². The number of hydrazine groups is 1. The Morgan fingerprint density at radius 3 is 2.55 bits per heavy atom. The fourth-order valence-corrected chi connectivity index (χ4v) is 2.22. The second-order valence-corrected chi connectivity index (χ2v) is 4.39. The van der Waals surface area contributed by atoms with Crippen molar-refractivity contribution in [1.29, 1.82) is 0 Å². The van der Waals surface area contributed by atoms with E-state index in [9.17, 15) is 0 Å². The molecule has 0 saturated heterocycles. The molecule has 2 heterocycles. The Morgan fingerprint density at radius 2 is 1.85 bits per heavy atom. The maximum Gasteiger partial charge on any atom is 0.0897 e. The molecule has 3 aromatic rings. The van der Waals surface area contributed by atoms with Crippen LogP contribution in [0.1, 0.15) is 17.3 Å². The third kappa shape index (κ3) is 2.32. The molecule has 1 aromatic carbocycles. The Balaban J connectivity index is 2.04. The lowest BCUT2D eigenvalue weighted by Gasteiger charge is -2.17. The Morgan fingerprint density at radius 1 is 1.00 bits per heavy atom. The lowest BCUT2D eigenvalue weighted by atomic mass is 10.1. The van der Waals surface area contributed by atoms with Gasteiger partial charge in [-0.1, -0.05) is 24.3 Å². The zero-order chi connectivity index (χ0) is 13.8. The number of hydrogen-bond acceptors (Lipinski definition) is 4. The quantitative estimate of drug-likeness (QED) is 0.557. The minimum absolute atomic E-state index is 0.161. The van der Waals surface area contributed by atoms with Crippen LogP contribution >= 0.6 is 0 Å². The van der Waals surface area contributed by atoms with E-state index in [4.69, 9.17) is 5.84 Å². The van der Waals surface area contributed by atoms with Gasteiger partial charge in [0.15, 0.2) is 0 Å². The van der Waals surface area contributed by atoms with Crippen molar-refractivity contribution in [3.8, 4) is 5.69 Å². The summed E-state index contributed by atoms with van der Waals surface area (Å²) in [6, 6.07) is 15.6. The largest absolute Gasteiger partial charge is 0.271 e. The molecule has 0 amide bonds. The highest BCUT2D eigenvalue weighted by Crippen LogP contribution is 2.22. The molecule has 3 rings (SSSR count). The van der Waals surface area contributed by atoms with Crippen LogP contribution in [-0.4, -0.2) is 14.8 Å². The number of pyridine rings is 1. The van der Waals surface area contributed by atoms with Gasteiger partial charge in [0.1, 0.15) is 0 Å². The van der Waals surface area contributed by atoms with Gasteiger partial charge in [-0.2, -0.15) is 5.10 Å². The molecule has 1 atom stereocenters. The summed E-state index contributed by atoms with van der Waals surface area (Å²) in [4.78, 5) is 4.14. The van der Waals surface area contributed by atoms with Gasteiger partial charge < -0.3 is 0 Å². The normalized spacial score (nSPS) is 12.2. The highest BCUT2D eigenvalue weighted by molar-refractivity contribution is 5.35. The summed E-state index contributed by atoms with van der Waals surface area (Å²) in [5, 5.41) is 4.38. The molecule has 0 aliphatic rings. The number of rotatable bonds is 4. The molecule has 0 aliphatic carbocycles. The number of aromatic nitrogens is 3. The predicted molar refractivity (Wildman–Crippen MR) is 77.0 cm³/mol. The molecule has 2 aromatic heterocycles. The Labute approximate surface area is 117 Å². The first-order chi connectivity index (χ1) is 9.90. The Hall–Kier alpha value is -2.50. The maximum atomic E-state index is 5.72. The second kappa shape index (κ2) is 5.64. The van der Waals surface area contributed by atoms with Crippen LogP contribution in [0.5, 0.6) is 0 Å². The van der Waals surface area contributed by atoms with E-state index < -0.39 is 0 Å². The molecule has 0 radical (unpaired) electrons. The average Bonchev–Trinajstić information content (AvgIpc) is 2.99. The number of hydrogen-bond donors (Lipinski definition) is 2. The van der Waals surface area contributed by atoms with Gasteiger partial charge in [-0.15, -0.1) is 0 Å². The fourth-order valence-electron chi connectivity index (χ4n) is 2.22. The molecule has 0 saturated carbocycles. The minimum atomic E-state index is -0.161. The fraction of sp³-hybridized carbons (Fsp3) is 0.0667. The van der Waals surface area contributed by atoms with E-state index in [1.54, 1.807) is 18.6 Å². The third-order valence-electron chi connectivity index (χ3n) is 3.15. The zero-order valence-corrected chi connectivity index (χ0v) is 10.8. The molecule has 100 valence electrons. The van der Waals surface area contributed by atoms with Crippen LogP contribution in [0.3, 0.4) is 0 Å². The summed E-state index contributed by atoms with van der Waals surface area (Å²) < 4.78 is 1.87. The molecule has 20 heavy (non-hydrogen) atoms. The van der Waals surface area contributed by atoms with Crippen molar-refractivity contribution < 1.29 is 0 Å². The van der Waals surface area contributed by atoms with Gasteiger partial charge >= 0.3 is 0 Å². The van der Waals surface area contributed by atoms with Crippen LogP contribution in [0, 0.1) is 0 Å². The summed E-state index contributed by atoms with van der Waals surface area (Å²) in [7, 11) is 0. The summed E-state index contributed by atoms with van der Waals surface area (Å²) in [5.41, 5.74) is 5.78. The van der Waals surface area contributed by atoms with Crippen molar-refractivity contribution in [2.45, 2.75) is 6.04 Å². The lowest BCUT2D eigenvalue weighted by molar-refractivity contribution is 0.595. The van der Waals surface area contributed by atoms with E-state index in [1.165, 1.54) is 0 Å². The molecule has 0 aliphatic heterocycles. The van der Waals surface area contributed by atoms with Crippen molar-refractivity contribution in [2.75, 3.05) is 0 Å². The van der Waals surface area contributed by atoms with Crippen molar-refractivity contribution >= 4 is 0 Å². The van der Waals surface area contributed by atoms with E-state index in [-0.39, 0.29) is 6.04 Å². The van der Waals surface area contributed by atoms with Crippen molar-refractivity contribution in [3.63, 3.8) is 0 Å². The summed E-state index contributed by atoms with van der Waals surface area (Å²) >= 11 is 0. The van der Waals surface area contributed by atoms with E-state index >= 15 is 0 Å². The lowest BCUT2D eigenvalue weighted by Crippen LogP contribution is -2.30. The first-order valence-electron chi connectivity index (χ1n) is 6.35. The first-order valence-corrected chi connectivity index (χ1v) is 6.35. The van der Waals surface area contributed by atoms with Crippen molar-refractivity contribution in [1.82, 2.24) is 20.2 Å². The SMILES string of the molecule is NNC(c1cccnc1)c1ccnn1-c1ccccc1. The van der Waals surface area contributed by atoms with Crippen LogP contribution < -0.4 is 11.3 Å². The smallest absolute Gasteiger partial charge is 0.0897 e. The molecule has 0 fully saturated rings. The second-order valence-electron chi connectivity index (χ2n) is 4.39. The predicted octanol–water partition coefficient (Wildman–Crippen LogP) is 1.82. The van der Waals surface area contributed by atoms with Crippen LogP contribution in [0.2, 0.25) is 0 Å². The Bertz CT molecular complexity index is 663. The maximum absolute atomic E-state index is 5.72. The van der Waals surface area contributed by atoms with E-state index in [0.717, 1.165) is 16.9 Å². The van der Waals surface area contributed by atoms with Crippen molar-refractivity contribution in [3.05, 3.63) is 78.4 Å². The van der Waals surface area contributed by atoms with Gasteiger partial charge in [-0.05, 0) is 29.8 Å². The molecule has 0 spiro atoms. The molecule has 5 heteroatoms. The van der Waals surface area contributed by atoms with Gasteiger partial charge in [0, 0.05) is 18.6 Å². The number of nitrogens with zero attached hydrogens (tertiary/aromatic N) is 3. The van der Waals surface area contributed by atoms with Gasteiger partial charge in [0.2, 0.25) is 0 Å². The van der Waals surface area contributed by atoms with E-state index in [2.05, 4.69) is 15.5 Å². The monoisotopic (exact) mass is 265 g/mol. The number of nitrogens with one attached hydrogen (secondary N) is 1. The van der Waals surface area contributed by atoms with Crippen LogP contribution in [-0.2, 0) is 0 Å². The van der Waals surface area contributed by atoms with Crippen molar-refractivity contribution in [2.24, 2.45) is 5.84 Å². The van der Waals surface area contributed by atoms with Crippen LogP contribution in [0.15, 0.2) is 67.1 Å². The summed E-state index contributed by atoms with van der Waals surface area (Å²) in [5.74, 6) is 5.72. The molecule has 1 unspecified atom stereocenters. The molecule has 3 N–H and O–H groups in total. The molecular formula is C15H15N5. The highest BCUT2D eigenvalue weighted by Gasteiger charge is 2.17. The highest BCUT2D eigenvalue weighted by atomic mass is 15.3. The average molecular weight is 265 g/mol. The summed E-state index contributed by atoms with van der Waals surface area (Å²) in [6.45, 7) is 0. The van der Waals surface area contributed by atoms with E-state index in [1.807, 2.05) is 53.2 Å². The minimum Gasteiger partial charge on any atom is -0.271 e. The molecule has 5 nitrogen and oxygen atoms in total. The van der Waals surface area contributed by atoms with E-state index in [0.29, 0.717) is 0 Å². The molecular weight excluding hydrogens is 250 g/mol. The molecule has 0 bridgehead atoms. The first kappa shape index (κ1) is 12.5. The topological polar surface area (TPSA) is 68.8 Å². The Kier molecular flexibility index (Phi) is 3.54. The number of benzene rings is 1. The zero-order valence-electron chi connectivity index (χ0n) is 10.8.